The fraction of sp³-hybridized carbons (Fsp3) is 0.111. The number of nitro groups is 1. The zero-order chi connectivity index (χ0) is 16.9. The summed E-state index contributed by atoms with van der Waals surface area (Å²) < 4.78 is 0. The number of nitrogens with one attached hydrogen (secondary N) is 1. The van der Waals surface area contributed by atoms with E-state index in [2.05, 4.69) is 5.32 Å². The monoisotopic (exact) mass is 340 g/mol. The van der Waals surface area contributed by atoms with E-state index in [0.717, 1.165) is 4.88 Å². The van der Waals surface area contributed by atoms with Crippen LogP contribution in [0.1, 0.15) is 22.1 Å². The molecule has 0 aliphatic carbocycles. The lowest BCUT2D eigenvalue weighted by Gasteiger charge is -2.17. The molecular weight excluding hydrogens is 324 g/mol. The van der Waals surface area contributed by atoms with E-state index >= 15 is 0 Å². The smallest absolute Gasteiger partial charge is 0.269 e. The predicted octanol–water partition coefficient (Wildman–Crippen LogP) is 4.35. The molecule has 2 aromatic carbocycles. The Morgan fingerprint density at radius 1 is 1.12 bits per heavy atom. The van der Waals surface area contributed by atoms with Gasteiger partial charge in [0.25, 0.3) is 5.69 Å². The molecule has 0 radical (unpaired) electrons. The second-order valence-corrected chi connectivity index (χ2v) is 6.31. The van der Waals surface area contributed by atoms with E-state index in [0.29, 0.717) is 23.4 Å². The highest BCUT2D eigenvalue weighted by Crippen LogP contribution is 2.32. The van der Waals surface area contributed by atoms with Gasteiger partial charge in [-0.2, -0.15) is 0 Å². The van der Waals surface area contributed by atoms with Crippen LogP contribution in [-0.2, 0) is 6.54 Å². The summed E-state index contributed by atoms with van der Waals surface area (Å²) in [5, 5.41) is 27.0. The summed E-state index contributed by atoms with van der Waals surface area (Å²) in [6.07, 6.45) is -0.933. The third-order valence-electron chi connectivity index (χ3n) is 3.69. The Morgan fingerprint density at radius 3 is 2.58 bits per heavy atom. The molecule has 3 aromatic rings. The molecule has 0 fully saturated rings. The van der Waals surface area contributed by atoms with E-state index in [1.165, 1.54) is 12.1 Å². The molecule has 1 unspecified atom stereocenters. The lowest BCUT2D eigenvalue weighted by molar-refractivity contribution is -0.384. The number of aliphatic hydroxyl groups excluding tert-OH is 1. The molecule has 0 spiro atoms. The molecule has 0 saturated heterocycles. The van der Waals surface area contributed by atoms with Gasteiger partial charge in [0.15, 0.2) is 0 Å². The van der Waals surface area contributed by atoms with Crippen LogP contribution in [0.4, 0.5) is 11.4 Å². The van der Waals surface area contributed by atoms with Gasteiger partial charge in [0.05, 0.1) is 4.92 Å². The van der Waals surface area contributed by atoms with Crippen LogP contribution in [0.15, 0.2) is 66.0 Å². The highest BCUT2D eigenvalue weighted by Gasteiger charge is 2.18. The highest BCUT2D eigenvalue weighted by molar-refractivity contribution is 7.09. The molecule has 0 amide bonds. The Balaban J connectivity index is 1.93. The van der Waals surface area contributed by atoms with Gasteiger partial charge in [-0.15, -0.1) is 11.3 Å². The maximum absolute atomic E-state index is 11.1. The lowest BCUT2D eigenvalue weighted by atomic mass is 9.99. The number of thiophene rings is 1. The van der Waals surface area contributed by atoms with Gasteiger partial charge in [0, 0.05) is 34.8 Å². The SMILES string of the molecule is O=[N+]([O-])c1ccc(NCc2cccs2)c(C(O)c2ccccc2)c1. The molecule has 0 saturated carbocycles. The average molecular weight is 340 g/mol. The summed E-state index contributed by atoms with van der Waals surface area (Å²) in [5.74, 6) is 0. The summed E-state index contributed by atoms with van der Waals surface area (Å²) in [6.45, 7) is 0.601. The fourth-order valence-corrected chi connectivity index (χ4v) is 3.11. The Hall–Kier alpha value is -2.70. The van der Waals surface area contributed by atoms with Crippen molar-refractivity contribution in [2.45, 2.75) is 12.6 Å². The predicted molar refractivity (Wildman–Crippen MR) is 95.2 cm³/mol. The molecule has 24 heavy (non-hydrogen) atoms. The van der Waals surface area contributed by atoms with Gasteiger partial charge in [-0.05, 0) is 23.1 Å². The average Bonchev–Trinajstić information content (AvgIpc) is 3.13. The van der Waals surface area contributed by atoms with E-state index in [-0.39, 0.29) is 5.69 Å². The Labute approximate surface area is 143 Å². The van der Waals surface area contributed by atoms with Crippen LogP contribution in [0.3, 0.4) is 0 Å². The molecule has 1 aromatic heterocycles. The van der Waals surface area contributed by atoms with Gasteiger partial charge in [0.2, 0.25) is 0 Å². The van der Waals surface area contributed by atoms with Gasteiger partial charge in [-0.25, -0.2) is 0 Å². The number of anilines is 1. The van der Waals surface area contributed by atoms with Crippen LogP contribution in [0.2, 0.25) is 0 Å². The van der Waals surface area contributed by atoms with Crippen LogP contribution >= 0.6 is 11.3 Å². The summed E-state index contributed by atoms with van der Waals surface area (Å²) in [5.41, 5.74) is 1.83. The molecule has 6 heteroatoms. The Morgan fingerprint density at radius 2 is 1.92 bits per heavy atom. The maximum atomic E-state index is 11.1. The van der Waals surface area contributed by atoms with Crippen molar-refractivity contribution in [2.24, 2.45) is 0 Å². The third-order valence-corrected chi connectivity index (χ3v) is 4.57. The zero-order valence-electron chi connectivity index (χ0n) is 12.8. The van der Waals surface area contributed by atoms with E-state index in [1.54, 1.807) is 29.5 Å². The van der Waals surface area contributed by atoms with Gasteiger partial charge >= 0.3 is 0 Å². The van der Waals surface area contributed by atoms with E-state index in [1.807, 2.05) is 35.7 Å². The van der Waals surface area contributed by atoms with Crippen LogP contribution in [0.25, 0.3) is 0 Å². The quantitative estimate of drug-likeness (QED) is 0.517. The molecule has 5 nitrogen and oxygen atoms in total. The minimum Gasteiger partial charge on any atom is -0.384 e. The van der Waals surface area contributed by atoms with Gasteiger partial charge in [-0.3, -0.25) is 10.1 Å². The lowest BCUT2D eigenvalue weighted by Crippen LogP contribution is -2.07. The standard InChI is InChI=1S/C18H16N2O3S/c21-18(13-5-2-1-3-6-13)16-11-14(20(22)23)8-9-17(16)19-12-15-7-4-10-24-15/h1-11,18-19,21H,12H2. The largest absolute Gasteiger partial charge is 0.384 e. The fourth-order valence-electron chi connectivity index (χ4n) is 2.46. The first-order valence-electron chi connectivity index (χ1n) is 7.43. The van der Waals surface area contributed by atoms with Crippen molar-refractivity contribution in [1.82, 2.24) is 0 Å². The van der Waals surface area contributed by atoms with Crippen molar-refractivity contribution in [3.8, 4) is 0 Å². The number of hydrogen-bond acceptors (Lipinski definition) is 5. The molecule has 0 aliphatic heterocycles. The second-order valence-electron chi connectivity index (χ2n) is 5.27. The summed E-state index contributed by atoms with van der Waals surface area (Å²) in [7, 11) is 0. The van der Waals surface area contributed by atoms with E-state index in [4.69, 9.17) is 0 Å². The Kier molecular flexibility index (Phi) is 4.88. The van der Waals surface area contributed by atoms with Crippen molar-refractivity contribution in [1.29, 1.82) is 0 Å². The van der Waals surface area contributed by atoms with E-state index in [9.17, 15) is 15.2 Å². The topological polar surface area (TPSA) is 75.4 Å². The number of nitro benzene ring substituents is 1. The van der Waals surface area contributed by atoms with Gasteiger partial charge < -0.3 is 10.4 Å². The number of rotatable bonds is 6. The first-order valence-corrected chi connectivity index (χ1v) is 8.30. The van der Waals surface area contributed by atoms with E-state index < -0.39 is 11.0 Å². The zero-order valence-corrected chi connectivity index (χ0v) is 13.6. The number of hydrogen-bond donors (Lipinski definition) is 2. The van der Waals surface area contributed by atoms with Crippen molar-refractivity contribution < 1.29 is 10.0 Å². The molecule has 2 N–H and O–H groups in total. The molecule has 0 bridgehead atoms. The van der Waals surface area contributed by atoms with Crippen molar-refractivity contribution in [3.05, 3.63) is 92.2 Å². The molecular formula is C18H16N2O3S. The summed E-state index contributed by atoms with van der Waals surface area (Å²) in [4.78, 5) is 11.8. The first kappa shape index (κ1) is 16.2. The minimum atomic E-state index is -0.933. The molecule has 122 valence electrons. The van der Waals surface area contributed by atoms with Crippen LogP contribution in [-0.4, -0.2) is 10.0 Å². The van der Waals surface area contributed by atoms with Crippen LogP contribution in [0.5, 0.6) is 0 Å². The number of nitrogens with zero attached hydrogens (tertiary/aromatic N) is 1. The van der Waals surface area contributed by atoms with Gasteiger partial charge in [-0.1, -0.05) is 36.4 Å². The molecule has 0 aliphatic rings. The first-order chi connectivity index (χ1) is 11.6. The van der Waals surface area contributed by atoms with Gasteiger partial charge in [0.1, 0.15) is 6.10 Å². The number of benzene rings is 2. The van der Waals surface area contributed by atoms with Crippen molar-refractivity contribution in [3.63, 3.8) is 0 Å². The second kappa shape index (κ2) is 7.25. The molecule has 1 heterocycles. The van der Waals surface area contributed by atoms with Crippen LogP contribution < -0.4 is 5.32 Å². The maximum Gasteiger partial charge on any atom is 0.269 e. The summed E-state index contributed by atoms with van der Waals surface area (Å²) >= 11 is 1.63. The molecule has 1 atom stereocenters. The number of aliphatic hydroxyl groups is 1. The highest BCUT2D eigenvalue weighted by atomic mass is 32.1. The number of non-ortho nitro benzene ring substituents is 1. The Bertz CT molecular complexity index is 820. The third kappa shape index (κ3) is 3.61. The van der Waals surface area contributed by atoms with Crippen molar-refractivity contribution in [2.75, 3.05) is 5.32 Å². The minimum absolute atomic E-state index is 0.0401. The molecule has 3 rings (SSSR count). The van der Waals surface area contributed by atoms with Crippen molar-refractivity contribution >= 4 is 22.7 Å². The van der Waals surface area contributed by atoms with Crippen LogP contribution in [0, 0.1) is 10.1 Å². The normalized spacial score (nSPS) is 11.9. The summed E-state index contributed by atoms with van der Waals surface area (Å²) in [6, 6.07) is 17.6.